The number of anilines is 3. The fourth-order valence-corrected chi connectivity index (χ4v) is 3.20. The van der Waals surface area contributed by atoms with E-state index in [1.807, 2.05) is 0 Å². The molecular formula is C22H31N7O4. The van der Waals surface area contributed by atoms with E-state index in [4.69, 9.17) is 9.84 Å². The van der Waals surface area contributed by atoms with Gasteiger partial charge in [0.15, 0.2) is 5.65 Å². The largest absolute Gasteiger partial charge is 0.400 e. The average Bonchev–Trinajstić information content (AvgIpc) is 3.57. The first kappa shape index (κ1) is 24.2. The van der Waals surface area contributed by atoms with Gasteiger partial charge in [-0.25, -0.2) is 4.98 Å². The minimum absolute atomic E-state index is 0.193. The molecule has 0 aromatic carbocycles. The molecule has 1 aliphatic carbocycles. The zero-order chi connectivity index (χ0) is 23.6. The normalized spacial score (nSPS) is 14.9. The number of ether oxygens (including phenoxy) is 1. The van der Waals surface area contributed by atoms with Crippen LogP contribution in [0.15, 0.2) is 35.4 Å². The second-order valence-corrected chi connectivity index (χ2v) is 7.53. The summed E-state index contributed by atoms with van der Waals surface area (Å²) in [6, 6.07) is 5.33. The lowest BCUT2D eigenvalue weighted by Gasteiger charge is -2.09. The molecule has 178 valence electrons. The fourth-order valence-electron chi connectivity index (χ4n) is 3.20. The van der Waals surface area contributed by atoms with E-state index in [0.29, 0.717) is 28.5 Å². The molecule has 0 spiro atoms. The molecule has 0 unspecified atom stereocenters. The molecule has 11 heteroatoms. The zero-order valence-electron chi connectivity index (χ0n) is 18.9. The molecule has 1 saturated heterocycles. The van der Waals surface area contributed by atoms with Gasteiger partial charge in [-0.1, -0.05) is 0 Å². The number of aromatic amines is 1. The summed E-state index contributed by atoms with van der Waals surface area (Å²) in [4.78, 5) is 31.3. The number of aliphatic hydroxyl groups is 1. The van der Waals surface area contributed by atoms with Crippen LogP contribution in [0.5, 0.6) is 0 Å². The van der Waals surface area contributed by atoms with E-state index in [2.05, 4.69) is 31.0 Å². The summed E-state index contributed by atoms with van der Waals surface area (Å²) >= 11 is 0. The van der Waals surface area contributed by atoms with Crippen LogP contribution in [0.2, 0.25) is 0 Å². The maximum atomic E-state index is 12.4. The van der Waals surface area contributed by atoms with Crippen molar-refractivity contribution in [1.82, 2.24) is 24.9 Å². The summed E-state index contributed by atoms with van der Waals surface area (Å²) in [5, 5.41) is 20.2. The lowest BCUT2D eigenvalue weighted by Crippen LogP contribution is -2.25. The quantitative estimate of drug-likeness (QED) is 0.390. The van der Waals surface area contributed by atoms with Crippen molar-refractivity contribution in [3.05, 3.63) is 46.5 Å². The van der Waals surface area contributed by atoms with Crippen molar-refractivity contribution >= 4 is 28.9 Å². The van der Waals surface area contributed by atoms with Crippen LogP contribution >= 0.6 is 0 Å². The Kier molecular flexibility index (Phi) is 8.79. The molecule has 1 amide bonds. The lowest BCUT2D eigenvalue weighted by molar-refractivity contribution is 0.0952. The van der Waals surface area contributed by atoms with Crippen molar-refractivity contribution in [2.45, 2.75) is 38.1 Å². The van der Waals surface area contributed by atoms with Crippen LogP contribution < -0.4 is 21.5 Å². The highest BCUT2D eigenvalue weighted by Gasteiger charge is 2.26. The Bertz CT molecular complexity index is 1090. The van der Waals surface area contributed by atoms with Gasteiger partial charge in [0.25, 0.3) is 11.5 Å². The van der Waals surface area contributed by atoms with Gasteiger partial charge in [-0.3, -0.25) is 9.59 Å². The van der Waals surface area contributed by atoms with Crippen LogP contribution in [0.25, 0.3) is 5.65 Å². The van der Waals surface area contributed by atoms with Gasteiger partial charge in [0.1, 0.15) is 22.9 Å². The molecule has 1 aliphatic heterocycles. The Morgan fingerprint density at radius 1 is 1.24 bits per heavy atom. The number of aromatic nitrogens is 4. The van der Waals surface area contributed by atoms with Crippen molar-refractivity contribution in [2.75, 3.05) is 38.0 Å². The number of nitrogens with one attached hydrogen (secondary N) is 4. The molecule has 5 N–H and O–H groups in total. The number of nitrogens with zero attached hydrogens (tertiary/aromatic N) is 3. The second-order valence-electron chi connectivity index (χ2n) is 7.53. The molecular weight excluding hydrogens is 426 g/mol. The van der Waals surface area contributed by atoms with Crippen LogP contribution in [0.3, 0.4) is 0 Å². The van der Waals surface area contributed by atoms with E-state index in [1.165, 1.54) is 25.5 Å². The zero-order valence-corrected chi connectivity index (χ0v) is 18.9. The first-order valence-electron chi connectivity index (χ1n) is 11.0. The minimum atomic E-state index is -0.254. The Hall–Kier alpha value is -3.44. The number of hydrogen-bond donors (Lipinski definition) is 5. The average molecular weight is 458 g/mol. The number of hydrogen-bond acceptors (Lipinski definition) is 8. The first-order chi connectivity index (χ1) is 16.2. The van der Waals surface area contributed by atoms with E-state index in [-0.39, 0.29) is 17.5 Å². The third kappa shape index (κ3) is 6.53. The predicted molar refractivity (Wildman–Crippen MR) is 126 cm³/mol. The van der Waals surface area contributed by atoms with Gasteiger partial charge >= 0.3 is 0 Å². The molecule has 0 radical (unpaired) electrons. The number of pyridine rings is 1. The summed E-state index contributed by atoms with van der Waals surface area (Å²) in [5.41, 5.74) is 0.925. The van der Waals surface area contributed by atoms with E-state index < -0.39 is 0 Å². The minimum Gasteiger partial charge on any atom is -0.400 e. The summed E-state index contributed by atoms with van der Waals surface area (Å²) in [6.45, 7) is 2.00. The molecule has 5 rings (SSSR count). The monoisotopic (exact) mass is 457 g/mol. The lowest BCUT2D eigenvalue weighted by atomic mass is 10.2. The molecule has 0 bridgehead atoms. The first-order valence-corrected chi connectivity index (χ1v) is 11.0. The third-order valence-electron chi connectivity index (χ3n) is 5.04. The van der Waals surface area contributed by atoms with E-state index in [1.54, 1.807) is 36.0 Å². The predicted octanol–water partition coefficient (Wildman–Crippen LogP) is 1.89. The SMILES string of the molecule is C1CCOCC1.CNc1cc(Nc2ccc[nH]c2=O)nc2c(C(=O)NC3CC3)cnn12.CO. The highest BCUT2D eigenvalue weighted by Crippen LogP contribution is 2.23. The molecule has 33 heavy (non-hydrogen) atoms. The van der Waals surface area contributed by atoms with E-state index in [9.17, 15) is 9.59 Å². The Balaban J connectivity index is 0.000000329. The molecule has 2 fully saturated rings. The number of H-pyrrole nitrogens is 1. The standard InChI is InChI=1S/C16H17N7O2.C5H10O.CH4O/c1-17-13-7-12(21-11-3-2-6-18-16(11)25)22-14-10(8-19-23(13)14)15(24)20-9-4-5-9;1-2-4-6-5-3-1;1-2/h2-3,6-9,17H,4-5H2,1H3,(H,18,25)(H,20,24)(H,21,22);1-5H2;2H,1H3. The maximum absolute atomic E-state index is 12.4. The summed E-state index contributed by atoms with van der Waals surface area (Å²) < 4.78 is 6.63. The van der Waals surface area contributed by atoms with Crippen molar-refractivity contribution in [3.63, 3.8) is 0 Å². The molecule has 3 aromatic heterocycles. The Morgan fingerprint density at radius 3 is 2.58 bits per heavy atom. The Morgan fingerprint density at radius 2 is 2.00 bits per heavy atom. The van der Waals surface area contributed by atoms with Crippen molar-refractivity contribution in [1.29, 1.82) is 0 Å². The number of carbonyl (C=O) groups excluding carboxylic acids is 1. The molecule has 0 atom stereocenters. The second kappa shape index (κ2) is 12.0. The summed E-state index contributed by atoms with van der Waals surface area (Å²) in [6.07, 6.45) is 8.99. The number of amides is 1. The van der Waals surface area contributed by atoms with Gasteiger partial charge in [0, 0.05) is 45.7 Å². The topological polar surface area (TPSA) is 146 Å². The van der Waals surface area contributed by atoms with Crippen molar-refractivity contribution < 1.29 is 14.6 Å². The molecule has 2 aliphatic rings. The van der Waals surface area contributed by atoms with Gasteiger partial charge in [-0.2, -0.15) is 9.61 Å². The number of rotatable bonds is 5. The molecule has 3 aromatic rings. The number of fused-ring (bicyclic) bond motifs is 1. The van der Waals surface area contributed by atoms with Crippen molar-refractivity contribution in [2.24, 2.45) is 0 Å². The summed E-state index contributed by atoms with van der Waals surface area (Å²) in [5.74, 6) is 0.890. The summed E-state index contributed by atoms with van der Waals surface area (Å²) in [7, 11) is 2.75. The van der Waals surface area contributed by atoms with Gasteiger partial charge in [0.05, 0.1) is 6.20 Å². The maximum Gasteiger partial charge on any atom is 0.271 e. The van der Waals surface area contributed by atoms with Crippen LogP contribution in [-0.2, 0) is 4.74 Å². The van der Waals surface area contributed by atoms with Crippen LogP contribution in [0, 0.1) is 0 Å². The van der Waals surface area contributed by atoms with Gasteiger partial charge in [-0.15, -0.1) is 0 Å². The molecule has 4 heterocycles. The highest BCUT2D eigenvalue weighted by atomic mass is 16.5. The van der Waals surface area contributed by atoms with Gasteiger partial charge in [0.2, 0.25) is 0 Å². The highest BCUT2D eigenvalue weighted by molar-refractivity contribution is 6.00. The Labute approximate surface area is 191 Å². The third-order valence-corrected chi connectivity index (χ3v) is 5.04. The van der Waals surface area contributed by atoms with Crippen LogP contribution in [-0.4, -0.2) is 64.0 Å². The number of carbonyl (C=O) groups is 1. The number of aliphatic hydroxyl groups excluding tert-OH is 1. The van der Waals surface area contributed by atoms with Crippen LogP contribution in [0.4, 0.5) is 17.3 Å². The van der Waals surface area contributed by atoms with E-state index >= 15 is 0 Å². The fraction of sp³-hybridized carbons (Fsp3) is 0.455. The van der Waals surface area contributed by atoms with Crippen LogP contribution in [0.1, 0.15) is 42.5 Å². The molecule has 1 saturated carbocycles. The van der Waals surface area contributed by atoms with Crippen molar-refractivity contribution in [3.8, 4) is 0 Å². The molecule has 11 nitrogen and oxygen atoms in total. The smallest absolute Gasteiger partial charge is 0.271 e. The van der Waals surface area contributed by atoms with Gasteiger partial charge < -0.3 is 30.8 Å². The van der Waals surface area contributed by atoms with E-state index in [0.717, 1.165) is 33.2 Å². The van der Waals surface area contributed by atoms with Gasteiger partial charge in [-0.05, 0) is 44.2 Å².